The number of amides is 2. The molecule has 0 aliphatic carbocycles. The molecule has 2 heterocycles. The fourth-order valence-corrected chi connectivity index (χ4v) is 2.31. The van der Waals surface area contributed by atoms with E-state index in [1.165, 1.54) is 18.2 Å². The molecule has 1 saturated heterocycles. The van der Waals surface area contributed by atoms with E-state index in [1.54, 1.807) is 19.0 Å². The highest BCUT2D eigenvalue weighted by molar-refractivity contribution is 6.19. The van der Waals surface area contributed by atoms with Gasteiger partial charge < -0.3 is 4.90 Å². The van der Waals surface area contributed by atoms with Crippen LogP contribution < -0.4 is 9.80 Å². The molecule has 3 rings (SSSR count). The van der Waals surface area contributed by atoms with Crippen LogP contribution in [0.25, 0.3) is 10.9 Å². The molecule has 2 amide bonds. The maximum atomic E-state index is 13.4. The number of fused-ring (bicyclic) bond motifs is 1. The van der Waals surface area contributed by atoms with Crippen LogP contribution in [0.15, 0.2) is 18.2 Å². The minimum Gasteiger partial charge on any atom is -0.362 e. The third kappa shape index (κ3) is 2.20. The van der Waals surface area contributed by atoms with E-state index in [0.29, 0.717) is 16.7 Å². The fraction of sp³-hybridized carbons (Fsp3) is 0.286. The summed E-state index contributed by atoms with van der Waals surface area (Å²) in [5.74, 6) is -0.514. The predicted octanol–water partition coefficient (Wildman–Crippen LogP) is 1.49. The third-order valence-electron chi connectivity index (χ3n) is 3.30. The summed E-state index contributed by atoms with van der Waals surface area (Å²) in [5.41, 5.74) is 0.484. The van der Waals surface area contributed by atoms with Crippen molar-refractivity contribution < 1.29 is 14.0 Å². The van der Waals surface area contributed by atoms with Gasteiger partial charge in [-0.1, -0.05) is 0 Å². The zero-order valence-corrected chi connectivity index (χ0v) is 11.6. The van der Waals surface area contributed by atoms with Crippen molar-refractivity contribution in [3.05, 3.63) is 24.0 Å². The van der Waals surface area contributed by atoms with E-state index >= 15 is 0 Å². The van der Waals surface area contributed by atoms with Gasteiger partial charge in [-0.15, -0.1) is 0 Å². The van der Waals surface area contributed by atoms with E-state index in [4.69, 9.17) is 0 Å². The van der Waals surface area contributed by atoms with E-state index in [-0.39, 0.29) is 30.6 Å². The van der Waals surface area contributed by atoms with Gasteiger partial charge in [0.1, 0.15) is 11.6 Å². The summed E-state index contributed by atoms with van der Waals surface area (Å²) in [6, 6.07) is 4.13. The van der Waals surface area contributed by atoms with Crippen molar-refractivity contribution in [3.8, 4) is 0 Å². The number of hydrogen-bond acceptors (Lipinski definition) is 5. The van der Waals surface area contributed by atoms with E-state index in [0.717, 1.165) is 4.90 Å². The predicted molar refractivity (Wildman–Crippen MR) is 75.6 cm³/mol. The van der Waals surface area contributed by atoms with Crippen LogP contribution in [-0.2, 0) is 9.59 Å². The molecule has 108 valence electrons. The number of carbonyl (C=O) groups is 2. The van der Waals surface area contributed by atoms with E-state index in [9.17, 15) is 14.0 Å². The van der Waals surface area contributed by atoms with Gasteiger partial charge in [0.15, 0.2) is 0 Å². The molecule has 7 heteroatoms. The molecule has 0 atom stereocenters. The van der Waals surface area contributed by atoms with Crippen molar-refractivity contribution in [3.63, 3.8) is 0 Å². The number of imide groups is 1. The quantitative estimate of drug-likeness (QED) is 0.783. The van der Waals surface area contributed by atoms with Crippen LogP contribution in [0.2, 0.25) is 0 Å². The van der Waals surface area contributed by atoms with Gasteiger partial charge in [-0.05, 0) is 18.2 Å². The summed E-state index contributed by atoms with van der Waals surface area (Å²) in [4.78, 5) is 34.8. The molecule has 0 unspecified atom stereocenters. The molecule has 1 fully saturated rings. The Bertz CT molecular complexity index is 744. The summed E-state index contributed by atoms with van der Waals surface area (Å²) in [6.45, 7) is 0. The SMILES string of the molecule is CN(C)c1nc(N2C(=O)CCC2=O)nc2ccc(F)cc12. The molecule has 21 heavy (non-hydrogen) atoms. The topological polar surface area (TPSA) is 66.4 Å². The molecular formula is C14H13FN4O2. The van der Waals surface area contributed by atoms with Crippen molar-refractivity contribution in [1.29, 1.82) is 0 Å². The van der Waals surface area contributed by atoms with Crippen LogP contribution in [0, 0.1) is 5.82 Å². The Morgan fingerprint density at radius 2 is 1.81 bits per heavy atom. The molecule has 0 saturated carbocycles. The van der Waals surface area contributed by atoms with Crippen LogP contribution in [0.1, 0.15) is 12.8 Å². The van der Waals surface area contributed by atoms with Gasteiger partial charge in [-0.2, -0.15) is 4.98 Å². The van der Waals surface area contributed by atoms with Crippen molar-refractivity contribution in [1.82, 2.24) is 9.97 Å². The molecule has 1 aromatic carbocycles. The van der Waals surface area contributed by atoms with Crippen molar-refractivity contribution in [2.45, 2.75) is 12.8 Å². The number of hydrogen-bond donors (Lipinski definition) is 0. The standard InChI is InChI=1S/C14H13FN4O2/c1-18(2)13-9-7-8(15)3-4-10(9)16-14(17-13)19-11(20)5-6-12(19)21/h3-4,7H,5-6H2,1-2H3. The smallest absolute Gasteiger partial charge is 0.241 e. The second-order valence-electron chi connectivity index (χ2n) is 5.03. The van der Waals surface area contributed by atoms with Crippen molar-refractivity contribution in [2.24, 2.45) is 0 Å². The lowest BCUT2D eigenvalue weighted by atomic mass is 10.2. The maximum Gasteiger partial charge on any atom is 0.241 e. The number of halogens is 1. The molecule has 0 spiro atoms. The van der Waals surface area contributed by atoms with Crippen LogP contribution in [0.4, 0.5) is 16.2 Å². The molecule has 1 aliphatic rings. The Labute approximate surface area is 120 Å². The van der Waals surface area contributed by atoms with Crippen LogP contribution >= 0.6 is 0 Å². The summed E-state index contributed by atoms with van der Waals surface area (Å²) < 4.78 is 13.4. The first-order valence-electron chi connectivity index (χ1n) is 6.48. The molecular weight excluding hydrogens is 275 g/mol. The van der Waals surface area contributed by atoms with E-state index < -0.39 is 5.82 Å². The van der Waals surface area contributed by atoms with E-state index in [1.807, 2.05) is 0 Å². The molecule has 2 aromatic rings. The average Bonchev–Trinajstić information content (AvgIpc) is 2.77. The molecule has 6 nitrogen and oxygen atoms in total. The van der Waals surface area contributed by atoms with Crippen molar-refractivity contribution >= 4 is 34.5 Å². The minimum absolute atomic E-state index is 0.0466. The van der Waals surface area contributed by atoms with Gasteiger partial charge in [0.2, 0.25) is 17.8 Å². The van der Waals surface area contributed by atoms with Gasteiger partial charge in [0, 0.05) is 32.3 Å². The number of rotatable bonds is 2. The monoisotopic (exact) mass is 288 g/mol. The molecule has 0 N–H and O–H groups in total. The minimum atomic E-state index is -0.393. The highest BCUT2D eigenvalue weighted by Crippen LogP contribution is 2.28. The molecule has 1 aromatic heterocycles. The van der Waals surface area contributed by atoms with Crippen molar-refractivity contribution in [2.75, 3.05) is 23.9 Å². The fourth-order valence-electron chi connectivity index (χ4n) is 2.31. The van der Waals surface area contributed by atoms with Gasteiger partial charge in [-0.3, -0.25) is 9.59 Å². The Balaban J connectivity index is 2.24. The summed E-state index contributed by atoms with van der Waals surface area (Å²) in [5, 5.41) is 0.530. The second-order valence-corrected chi connectivity index (χ2v) is 5.03. The van der Waals surface area contributed by atoms with Gasteiger partial charge in [0.25, 0.3) is 0 Å². The van der Waals surface area contributed by atoms with Gasteiger partial charge >= 0.3 is 0 Å². The van der Waals surface area contributed by atoms with E-state index in [2.05, 4.69) is 9.97 Å². The normalized spacial score (nSPS) is 15.1. The molecule has 0 bridgehead atoms. The number of nitrogens with zero attached hydrogens (tertiary/aromatic N) is 4. The molecule has 1 aliphatic heterocycles. The number of benzene rings is 1. The van der Waals surface area contributed by atoms with Gasteiger partial charge in [0.05, 0.1) is 5.52 Å². The Morgan fingerprint density at radius 1 is 1.14 bits per heavy atom. The number of aromatic nitrogens is 2. The number of anilines is 2. The van der Waals surface area contributed by atoms with Crippen LogP contribution in [-0.4, -0.2) is 35.9 Å². The third-order valence-corrected chi connectivity index (χ3v) is 3.30. The zero-order chi connectivity index (χ0) is 15.1. The highest BCUT2D eigenvalue weighted by Gasteiger charge is 2.33. The largest absolute Gasteiger partial charge is 0.362 e. The Kier molecular flexibility index (Phi) is 3.04. The first-order valence-corrected chi connectivity index (χ1v) is 6.48. The highest BCUT2D eigenvalue weighted by atomic mass is 19.1. The van der Waals surface area contributed by atoms with Crippen LogP contribution in [0.3, 0.4) is 0 Å². The van der Waals surface area contributed by atoms with Gasteiger partial charge in [-0.25, -0.2) is 14.3 Å². The zero-order valence-electron chi connectivity index (χ0n) is 11.6. The number of carbonyl (C=O) groups excluding carboxylic acids is 2. The lowest BCUT2D eigenvalue weighted by molar-refractivity contribution is -0.121. The first kappa shape index (κ1) is 13.4. The second kappa shape index (κ2) is 4.76. The summed E-state index contributed by atoms with van der Waals surface area (Å²) in [7, 11) is 3.51. The Morgan fingerprint density at radius 3 is 2.43 bits per heavy atom. The summed E-state index contributed by atoms with van der Waals surface area (Å²) >= 11 is 0. The maximum absolute atomic E-state index is 13.4. The lowest BCUT2D eigenvalue weighted by Gasteiger charge is -2.18. The van der Waals surface area contributed by atoms with Crippen LogP contribution in [0.5, 0.6) is 0 Å². The lowest BCUT2D eigenvalue weighted by Crippen LogP contribution is -2.31. The summed E-state index contributed by atoms with van der Waals surface area (Å²) in [6.07, 6.45) is 0.335. The molecule has 0 radical (unpaired) electrons. The Hall–Kier alpha value is -2.57. The average molecular weight is 288 g/mol. The first-order chi connectivity index (χ1) is 9.97.